The van der Waals surface area contributed by atoms with Crippen LogP contribution in [0, 0.1) is 17.8 Å². The van der Waals surface area contributed by atoms with Gasteiger partial charge in [-0.3, -0.25) is 0 Å². The second-order valence-corrected chi connectivity index (χ2v) is 6.14. The Balaban J connectivity index is 2.03. The van der Waals surface area contributed by atoms with E-state index in [1.54, 1.807) is 0 Å². The SMILES string of the molecule is CC(C)[C@@H]1C[C@@H](C)CC[C@@H]1OC(=O)c1ccccc1. The summed E-state index contributed by atoms with van der Waals surface area (Å²) >= 11 is 0. The molecule has 0 aromatic heterocycles. The van der Waals surface area contributed by atoms with Crippen LogP contribution >= 0.6 is 0 Å². The lowest BCUT2D eigenvalue weighted by Gasteiger charge is -2.36. The Bertz CT molecular complexity index is 411. The van der Waals surface area contributed by atoms with E-state index in [0.717, 1.165) is 18.8 Å². The highest BCUT2D eigenvalue weighted by Crippen LogP contribution is 2.35. The minimum absolute atomic E-state index is 0.0870. The minimum Gasteiger partial charge on any atom is -0.458 e. The molecule has 0 bridgehead atoms. The normalized spacial score (nSPS) is 27.3. The third-order valence-corrected chi connectivity index (χ3v) is 4.22. The molecule has 1 saturated carbocycles. The molecule has 0 aliphatic heterocycles. The van der Waals surface area contributed by atoms with Gasteiger partial charge in [-0.05, 0) is 49.1 Å². The number of benzene rings is 1. The van der Waals surface area contributed by atoms with Crippen LogP contribution < -0.4 is 0 Å². The summed E-state index contributed by atoms with van der Waals surface area (Å²) < 4.78 is 5.76. The van der Waals surface area contributed by atoms with E-state index in [4.69, 9.17) is 4.74 Å². The van der Waals surface area contributed by atoms with Gasteiger partial charge in [0.05, 0.1) is 5.56 Å². The lowest BCUT2D eigenvalue weighted by Crippen LogP contribution is -2.35. The number of rotatable bonds is 3. The van der Waals surface area contributed by atoms with Gasteiger partial charge in [-0.1, -0.05) is 39.0 Å². The van der Waals surface area contributed by atoms with E-state index in [2.05, 4.69) is 20.8 Å². The van der Waals surface area contributed by atoms with Gasteiger partial charge in [-0.15, -0.1) is 0 Å². The van der Waals surface area contributed by atoms with Crippen molar-refractivity contribution in [1.82, 2.24) is 0 Å². The highest BCUT2D eigenvalue weighted by Gasteiger charge is 2.33. The summed E-state index contributed by atoms with van der Waals surface area (Å²) in [4.78, 5) is 12.1. The second kappa shape index (κ2) is 6.23. The molecule has 2 nitrogen and oxygen atoms in total. The molecule has 1 aliphatic carbocycles. The number of carbonyl (C=O) groups is 1. The number of ether oxygens (including phenoxy) is 1. The van der Waals surface area contributed by atoms with Crippen molar-refractivity contribution in [2.45, 2.75) is 46.1 Å². The van der Waals surface area contributed by atoms with E-state index in [-0.39, 0.29) is 12.1 Å². The Morgan fingerprint density at radius 2 is 1.89 bits per heavy atom. The van der Waals surface area contributed by atoms with Crippen LogP contribution in [-0.4, -0.2) is 12.1 Å². The number of hydrogen-bond donors (Lipinski definition) is 0. The van der Waals surface area contributed by atoms with E-state index in [1.807, 2.05) is 30.3 Å². The van der Waals surface area contributed by atoms with Crippen molar-refractivity contribution in [2.24, 2.45) is 17.8 Å². The average Bonchev–Trinajstić information content (AvgIpc) is 2.41. The summed E-state index contributed by atoms with van der Waals surface area (Å²) in [5.74, 6) is 1.64. The van der Waals surface area contributed by atoms with Crippen LogP contribution in [0.1, 0.15) is 50.4 Å². The van der Waals surface area contributed by atoms with Crippen molar-refractivity contribution in [1.29, 1.82) is 0 Å². The van der Waals surface area contributed by atoms with Crippen LogP contribution in [0.15, 0.2) is 30.3 Å². The first-order valence-corrected chi connectivity index (χ1v) is 7.34. The molecule has 0 heterocycles. The zero-order chi connectivity index (χ0) is 13.8. The Kier molecular flexibility index (Phi) is 4.62. The molecule has 2 rings (SSSR count). The largest absolute Gasteiger partial charge is 0.458 e. The zero-order valence-corrected chi connectivity index (χ0v) is 12.1. The standard InChI is InChI=1S/C17H24O2/c1-12(2)15-11-13(3)9-10-16(15)19-17(18)14-7-5-4-6-8-14/h4-8,12-13,15-16H,9-11H2,1-3H3/t13-,15-,16-/m0/s1. The molecule has 0 unspecified atom stereocenters. The Morgan fingerprint density at radius 1 is 1.21 bits per heavy atom. The summed E-state index contributed by atoms with van der Waals surface area (Å²) in [6.07, 6.45) is 3.42. The van der Waals surface area contributed by atoms with Gasteiger partial charge in [-0.25, -0.2) is 4.79 Å². The smallest absolute Gasteiger partial charge is 0.338 e. The van der Waals surface area contributed by atoms with Crippen molar-refractivity contribution in [2.75, 3.05) is 0 Å². The molecule has 0 spiro atoms. The van der Waals surface area contributed by atoms with Crippen LogP contribution in [0.25, 0.3) is 0 Å². The molecule has 19 heavy (non-hydrogen) atoms. The van der Waals surface area contributed by atoms with Gasteiger partial charge in [0.15, 0.2) is 0 Å². The van der Waals surface area contributed by atoms with Gasteiger partial charge in [0.1, 0.15) is 6.10 Å². The molecule has 104 valence electrons. The summed E-state index contributed by atoms with van der Waals surface area (Å²) in [6, 6.07) is 9.30. The van der Waals surface area contributed by atoms with E-state index in [9.17, 15) is 4.79 Å². The lowest BCUT2D eigenvalue weighted by atomic mass is 9.75. The summed E-state index contributed by atoms with van der Waals surface area (Å²) in [5, 5.41) is 0. The lowest BCUT2D eigenvalue weighted by molar-refractivity contribution is -0.0161. The topological polar surface area (TPSA) is 26.3 Å². The van der Waals surface area contributed by atoms with Crippen molar-refractivity contribution in [3.05, 3.63) is 35.9 Å². The van der Waals surface area contributed by atoms with E-state index >= 15 is 0 Å². The fourth-order valence-electron chi connectivity index (χ4n) is 3.02. The van der Waals surface area contributed by atoms with Crippen LogP contribution in [-0.2, 0) is 4.74 Å². The average molecular weight is 260 g/mol. The highest BCUT2D eigenvalue weighted by atomic mass is 16.5. The first kappa shape index (κ1) is 14.1. The summed E-state index contributed by atoms with van der Waals surface area (Å²) in [7, 11) is 0. The van der Waals surface area contributed by atoms with E-state index in [1.165, 1.54) is 6.42 Å². The molecule has 0 N–H and O–H groups in total. The fraction of sp³-hybridized carbons (Fsp3) is 0.588. The maximum atomic E-state index is 12.1. The molecular weight excluding hydrogens is 236 g/mol. The van der Waals surface area contributed by atoms with Crippen molar-refractivity contribution >= 4 is 5.97 Å². The highest BCUT2D eigenvalue weighted by molar-refractivity contribution is 5.89. The third-order valence-electron chi connectivity index (χ3n) is 4.22. The molecule has 1 fully saturated rings. The van der Waals surface area contributed by atoms with Gasteiger partial charge in [0.2, 0.25) is 0 Å². The van der Waals surface area contributed by atoms with E-state index in [0.29, 0.717) is 17.4 Å². The zero-order valence-electron chi connectivity index (χ0n) is 12.1. The summed E-state index contributed by atoms with van der Waals surface area (Å²) in [5.41, 5.74) is 0.656. The molecule has 2 heteroatoms. The monoisotopic (exact) mass is 260 g/mol. The van der Waals surface area contributed by atoms with Crippen molar-refractivity contribution in [3.8, 4) is 0 Å². The van der Waals surface area contributed by atoms with Gasteiger partial charge >= 0.3 is 5.97 Å². The van der Waals surface area contributed by atoms with E-state index < -0.39 is 0 Å². The Hall–Kier alpha value is -1.31. The van der Waals surface area contributed by atoms with Crippen LogP contribution in [0.2, 0.25) is 0 Å². The molecular formula is C17H24O2. The van der Waals surface area contributed by atoms with Gasteiger partial charge in [0.25, 0.3) is 0 Å². The van der Waals surface area contributed by atoms with Gasteiger partial charge in [-0.2, -0.15) is 0 Å². The molecule has 0 radical (unpaired) electrons. The fourth-order valence-corrected chi connectivity index (χ4v) is 3.02. The predicted octanol–water partition coefficient (Wildman–Crippen LogP) is 4.30. The quantitative estimate of drug-likeness (QED) is 0.757. The van der Waals surface area contributed by atoms with Crippen LogP contribution in [0.3, 0.4) is 0 Å². The summed E-state index contributed by atoms with van der Waals surface area (Å²) in [6.45, 7) is 6.75. The van der Waals surface area contributed by atoms with Crippen molar-refractivity contribution in [3.63, 3.8) is 0 Å². The van der Waals surface area contributed by atoms with Gasteiger partial charge < -0.3 is 4.74 Å². The van der Waals surface area contributed by atoms with Gasteiger partial charge in [0, 0.05) is 0 Å². The maximum absolute atomic E-state index is 12.1. The Morgan fingerprint density at radius 3 is 2.53 bits per heavy atom. The molecule has 3 atom stereocenters. The minimum atomic E-state index is -0.175. The second-order valence-electron chi connectivity index (χ2n) is 6.14. The first-order chi connectivity index (χ1) is 9.08. The molecule has 1 aliphatic rings. The molecule has 1 aromatic rings. The first-order valence-electron chi connectivity index (χ1n) is 7.34. The third kappa shape index (κ3) is 3.59. The van der Waals surface area contributed by atoms with Crippen LogP contribution in [0.5, 0.6) is 0 Å². The predicted molar refractivity (Wildman–Crippen MR) is 77.0 cm³/mol. The number of esters is 1. The van der Waals surface area contributed by atoms with Crippen molar-refractivity contribution < 1.29 is 9.53 Å². The number of carbonyl (C=O) groups excluding carboxylic acids is 1. The molecule has 0 amide bonds. The number of hydrogen-bond acceptors (Lipinski definition) is 2. The molecule has 1 aromatic carbocycles. The Labute approximate surface area is 116 Å². The molecule has 0 saturated heterocycles. The van der Waals surface area contributed by atoms with Crippen LogP contribution in [0.4, 0.5) is 0 Å². The maximum Gasteiger partial charge on any atom is 0.338 e.